The van der Waals surface area contributed by atoms with Gasteiger partial charge in [-0.15, -0.1) is 0 Å². The maximum Gasteiger partial charge on any atom is 0.279 e. The van der Waals surface area contributed by atoms with E-state index in [0.717, 1.165) is 46.9 Å². The van der Waals surface area contributed by atoms with Gasteiger partial charge in [0.1, 0.15) is 18.2 Å². The molecule has 4 aromatic rings. The highest BCUT2D eigenvalue weighted by atomic mass is 16.5. The van der Waals surface area contributed by atoms with Gasteiger partial charge in [-0.2, -0.15) is 10.2 Å². The first kappa shape index (κ1) is 20.1. The van der Waals surface area contributed by atoms with Crippen LogP contribution in [0.2, 0.25) is 0 Å². The molecular weight excluding hydrogens is 402 g/mol. The van der Waals surface area contributed by atoms with Gasteiger partial charge in [0.05, 0.1) is 11.3 Å². The number of aryl methyl sites for hydroxylation is 3. The van der Waals surface area contributed by atoms with Crippen molar-refractivity contribution in [2.24, 2.45) is 7.05 Å². The molecule has 1 aliphatic heterocycles. The molecule has 3 heterocycles. The number of ether oxygens (including phenoxy) is 1. The number of carbonyl (C=O) groups excluding carboxylic acids is 1. The van der Waals surface area contributed by atoms with Crippen LogP contribution in [0.1, 0.15) is 28.2 Å². The molecule has 0 aliphatic carbocycles. The first-order valence-corrected chi connectivity index (χ1v) is 10.8. The summed E-state index contributed by atoms with van der Waals surface area (Å²) in [6.45, 7) is 3.85. The number of hydrogen-bond donors (Lipinski definition) is 0. The standard InChI is InChI=1S/C25H25N5O2/c1-18-23(20-11-6-7-12-22(20)32-17-19-9-4-3-5-10-19)24-29(14-8-15-30(24)26-18)25(31)21-13-16-28(2)27-21/h3-7,9-13,16H,8,14-15,17H2,1-2H3. The van der Waals surface area contributed by atoms with Gasteiger partial charge >= 0.3 is 0 Å². The molecule has 0 atom stereocenters. The minimum Gasteiger partial charge on any atom is -0.488 e. The number of rotatable bonds is 5. The summed E-state index contributed by atoms with van der Waals surface area (Å²) < 4.78 is 9.80. The highest BCUT2D eigenvalue weighted by molar-refractivity contribution is 6.07. The molecule has 32 heavy (non-hydrogen) atoms. The molecule has 1 amide bonds. The fourth-order valence-electron chi connectivity index (χ4n) is 4.20. The Labute approximate surface area is 186 Å². The van der Waals surface area contributed by atoms with Gasteiger partial charge in [0.25, 0.3) is 5.91 Å². The number of para-hydroxylation sites is 1. The zero-order valence-corrected chi connectivity index (χ0v) is 18.2. The van der Waals surface area contributed by atoms with Crippen LogP contribution < -0.4 is 9.64 Å². The summed E-state index contributed by atoms with van der Waals surface area (Å²) in [4.78, 5) is 15.1. The van der Waals surface area contributed by atoms with Gasteiger partial charge < -0.3 is 4.74 Å². The van der Waals surface area contributed by atoms with E-state index in [0.29, 0.717) is 18.8 Å². The third kappa shape index (κ3) is 3.66. The summed E-state index contributed by atoms with van der Waals surface area (Å²) in [7, 11) is 1.81. The molecule has 0 saturated heterocycles. The van der Waals surface area contributed by atoms with Crippen molar-refractivity contribution in [2.75, 3.05) is 11.4 Å². The summed E-state index contributed by atoms with van der Waals surface area (Å²) in [5.41, 5.74) is 4.26. The number of aromatic nitrogens is 4. The fraction of sp³-hybridized carbons (Fsp3) is 0.240. The molecule has 7 nitrogen and oxygen atoms in total. The first-order valence-electron chi connectivity index (χ1n) is 10.8. The number of hydrogen-bond acceptors (Lipinski definition) is 4. The van der Waals surface area contributed by atoms with Gasteiger partial charge in [0.15, 0.2) is 5.69 Å². The second kappa shape index (κ2) is 8.34. The molecule has 0 unspecified atom stereocenters. The summed E-state index contributed by atoms with van der Waals surface area (Å²) in [6, 6.07) is 19.8. The highest BCUT2D eigenvalue weighted by Gasteiger charge is 2.31. The lowest BCUT2D eigenvalue weighted by molar-refractivity contribution is 0.0976. The van der Waals surface area contributed by atoms with Gasteiger partial charge in [-0.25, -0.2) is 4.68 Å². The van der Waals surface area contributed by atoms with Crippen LogP contribution in [0.3, 0.4) is 0 Å². The molecule has 0 N–H and O–H groups in total. The molecule has 162 valence electrons. The molecule has 0 saturated carbocycles. The average molecular weight is 428 g/mol. The minimum atomic E-state index is -0.115. The maximum atomic E-state index is 13.3. The van der Waals surface area contributed by atoms with Crippen LogP contribution >= 0.6 is 0 Å². The summed E-state index contributed by atoms with van der Waals surface area (Å²) in [6.07, 6.45) is 2.63. The molecule has 0 spiro atoms. The molecule has 5 rings (SSSR count). The van der Waals surface area contributed by atoms with Crippen LogP contribution in [0.25, 0.3) is 11.1 Å². The second-order valence-corrected chi connectivity index (χ2v) is 7.96. The van der Waals surface area contributed by atoms with E-state index >= 15 is 0 Å². The lowest BCUT2D eigenvalue weighted by Crippen LogP contribution is -2.38. The summed E-state index contributed by atoms with van der Waals surface area (Å²) in [5.74, 6) is 1.46. The predicted octanol–water partition coefficient (Wildman–Crippen LogP) is 4.22. The van der Waals surface area contributed by atoms with Gasteiger partial charge in [-0.1, -0.05) is 48.5 Å². The Morgan fingerprint density at radius 2 is 1.78 bits per heavy atom. The summed E-state index contributed by atoms with van der Waals surface area (Å²) in [5, 5.41) is 9.08. The maximum absolute atomic E-state index is 13.3. The topological polar surface area (TPSA) is 65.2 Å². The molecule has 1 aliphatic rings. The summed E-state index contributed by atoms with van der Waals surface area (Å²) >= 11 is 0. The zero-order valence-electron chi connectivity index (χ0n) is 18.2. The largest absolute Gasteiger partial charge is 0.488 e. The van der Waals surface area contributed by atoms with E-state index in [1.54, 1.807) is 21.8 Å². The predicted molar refractivity (Wildman–Crippen MR) is 123 cm³/mol. The molecule has 0 radical (unpaired) electrons. The van der Waals surface area contributed by atoms with E-state index < -0.39 is 0 Å². The molecule has 7 heteroatoms. The van der Waals surface area contributed by atoms with Crippen LogP contribution in [0.5, 0.6) is 5.75 Å². The Morgan fingerprint density at radius 3 is 2.56 bits per heavy atom. The molecule has 0 fully saturated rings. The molecule has 2 aromatic carbocycles. The second-order valence-electron chi connectivity index (χ2n) is 7.96. The highest BCUT2D eigenvalue weighted by Crippen LogP contribution is 2.41. The normalized spacial score (nSPS) is 13.1. The van der Waals surface area contributed by atoms with Gasteiger partial charge in [-0.05, 0) is 31.0 Å². The van der Waals surface area contributed by atoms with Crippen LogP contribution in [0.15, 0.2) is 66.9 Å². The molecular formula is C25H25N5O2. The van der Waals surface area contributed by atoms with E-state index in [1.807, 2.05) is 73.3 Å². The van der Waals surface area contributed by atoms with E-state index in [2.05, 4.69) is 5.10 Å². The lowest BCUT2D eigenvalue weighted by Gasteiger charge is -2.28. The Bertz CT molecular complexity index is 1260. The van der Waals surface area contributed by atoms with Crippen molar-refractivity contribution in [1.82, 2.24) is 19.6 Å². The Balaban J connectivity index is 1.54. The number of nitrogens with zero attached hydrogens (tertiary/aromatic N) is 5. The fourth-order valence-corrected chi connectivity index (χ4v) is 4.20. The Morgan fingerprint density at radius 1 is 1.00 bits per heavy atom. The van der Waals surface area contributed by atoms with Crippen molar-refractivity contribution >= 4 is 11.7 Å². The monoisotopic (exact) mass is 427 g/mol. The van der Waals surface area contributed by atoms with Crippen LogP contribution in [0, 0.1) is 6.92 Å². The lowest BCUT2D eigenvalue weighted by atomic mass is 10.0. The zero-order chi connectivity index (χ0) is 22.1. The number of anilines is 1. The third-order valence-corrected chi connectivity index (χ3v) is 5.68. The Hall–Kier alpha value is -3.87. The minimum absolute atomic E-state index is 0.115. The smallest absolute Gasteiger partial charge is 0.279 e. The van der Waals surface area contributed by atoms with E-state index in [-0.39, 0.29) is 5.91 Å². The van der Waals surface area contributed by atoms with Crippen molar-refractivity contribution in [1.29, 1.82) is 0 Å². The number of carbonyl (C=O) groups is 1. The number of amides is 1. The van der Waals surface area contributed by atoms with Gasteiger partial charge in [0, 0.05) is 31.9 Å². The first-order chi connectivity index (χ1) is 15.6. The average Bonchev–Trinajstić information content (AvgIpc) is 3.40. The van der Waals surface area contributed by atoms with E-state index in [4.69, 9.17) is 9.84 Å². The van der Waals surface area contributed by atoms with Crippen molar-refractivity contribution in [3.63, 3.8) is 0 Å². The third-order valence-electron chi connectivity index (χ3n) is 5.68. The quantitative estimate of drug-likeness (QED) is 0.478. The van der Waals surface area contributed by atoms with Crippen molar-refractivity contribution in [2.45, 2.75) is 26.5 Å². The van der Waals surface area contributed by atoms with Crippen molar-refractivity contribution in [3.05, 3.63) is 83.8 Å². The SMILES string of the molecule is Cc1nn2c(c1-c1ccccc1OCc1ccccc1)N(C(=O)c1ccn(C)n1)CCC2. The Kier molecular flexibility index (Phi) is 5.23. The van der Waals surface area contributed by atoms with E-state index in [1.165, 1.54) is 0 Å². The van der Waals surface area contributed by atoms with Crippen molar-refractivity contribution < 1.29 is 9.53 Å². The number of benzene rings is 2. The van der Waals surface area contributed by atoms with Gasteiger partial charge in [-0.3, -0.25) is 14.4 Å². The number of fused-ring (bicyclic) bond motifs is 1. The van der Waals surface area contributed by atoms with Crippen LogP contribution in [-0.2, 0) is 20.2 Å². The molecule has 2 aromatic heterocycles. The van der Waals surface area contributed by atoms with Crippen molar-refractivity contribution in [3.8, 4) is 16.9 Å². The molecule has 0 bridgehead atoms. The van der Waals surface area contributed by atoms with Crippen LogP contribution in [0.4, 0.5) is 5.82 Å². The van der Waals surface area contributed by atoms with E-state index in [9.17, 15) is 4.79 Å². The van der Waals surface area contributed by atoms with Gasteiger partial charge in [0.2, 0.25) is 0 Å². The van der Waals surface area contributed by atoms with Crippen LogP contribution in [-0.4, -0.2) is 32.0 Å².